The number of rotatable bonds is 7. The van der Waals surface area contributed by atoms with E-state index in [1.54, 1.807) is 44.6 Å². The van der Waals surface area contributed by atoms with E-state index in [1.807, 2.05) is 28.8 Å². The average Bonchev–Trinajstić information content (AvgIpc) is 3.16. The smallest absolute Gasteiger partial charge is 0.224 e. The van der Waals surface area contributed by atoms with Crippen molar-refractivity contribution >= 4 is 17.2 Å². The van der Waals surface area contributed by atoms with Crippen molar-refractivity contribution in [3.05, 3.63) is 78.4 Å². The first-order valence-corrected chi connectivity index (χ1v) is 9.82. The lowest BCUT2D eigenvalue weighted by molar-refractivity contribution is -0.116. The monoisotopic (exact) mass is 419 g/mol. The summed E-state index contributed by atoms with van der Waals surface area (Å²) in [7, 11) is 3.12. The van der Waals surface area contributed by atoms with Gasteiger partial charge in [0.05, 0.1) is 25.6 Å². The Morgan fingerprint density at radius 1 is 1.03 bits per heavy atom. The molecule has 6 nitrogen and oxygen atoms in total. The molecule has 31 heavy (non-hydrogen) atoms. The van der Waals surface area contributed by atoms with Crippen molar-refractivity contribution in [1.29, 1.82) is 0 Å². The molecule has 0 radical (unpaired) electrons. The van der Waals surface area contributed by atoms with Crippen LogP contribution in [0.3, 0.4) is 0 Å². The number of methoxy groups -OCH3 is 2. The maximum absolute atomic E-state index is 13.4. The van der Waals surface area contributed by atoms with Crippen molar-refractivity contribution in [2.45, 2.75) is 12.8 Å². The molecule has 4 rings (SSSR count). The number of nitrogens with zero attached hydrogens (tertiary/aromatic N) is 2. The lowest BCUT2D eigenvalue weighted by Gasteiger charge is -2.10. The van der Waals surface area contributed by atoms with E-state index in [2.05, 4.69) is 5.32 Å². The van der Waals surface area contributed by atoms with Crippen LogP contribution in [-0.2, 0) is 11.2 Å². The summed E-state index contributed by atoms with van der Waals surface area (Å²) in [5.74, 6) is 0.735. The number of benzene rings is 2. The summed E-state index contributed by atoms with van der Waals surface area (Å²) < 4.78 is 25.8. The van der Waals surface area contributed by atoms with Gasteiger partial charge in [0.1, 0.15) is 23.0 Å². The Hall–Kier alpha value is -3.87. The molecule has 0 aliphatic rings. The van der Waals surface area contributed by atoms with Crippen molar-refractivity contribution in [2.75, 3.05) is 19.5 Å². The number of carbonyl (C=O) groups is 1. The van der Waals surface area contributed by atoms with Gasteiger partial charge in [-0.3, -0.25) is 4.79 Å². The Morgan fingerprint density at radius 2 is 1.74 bits per heavy atom. The summed E-state index contributed by atoms with van der Waals surface area (Å²) in [6.45, 7) is 0. The minimum Gasteiger partial charge on any atom is -0.497 e. The van der Waals surface area contributed by atoms with E-state index in [0.29, 0.717) is 23.6 Å². The van der Waals surface area contributed by atoms with Crippen LogP contribution in [0.1, 0.15) is 12.1 Å². The van der Waals surface area contributed by atoms with Gasteiger partial charge < -0.3 is 19.2 Å². The van der Waals surface area contributed by atoms with Gasteiger partial charge in [0, 0.05) is 42.1 Å². The van der Waals surface area contributed by atoms with Gasteiger partial charge >= 0.3 is 0 Å². The molecule has 1 amide bonds. The number of hydrogen-bond donors (Lipinski definition) is 1. The number of nitrogens with one attached hydrogen (secondary N) is 1. The van der Waals surface area contributed by atoms with Gasteiger partial charge in [0.15, 0.2) is 0 Å². The molecule has 2 heterocycles. The van der Waals surface area contributed by atoms with Crippen molar-refractivity contribution in [3.8, 4) is 22.8 Å². The van der Waals surface area contributed by atoms with E-state index in [0.717, 1.165) is 22.6 Å². The zero-order chi connectivity index (χ0) is 21.8. The molecular formula is C24H22FN3O3. The topological polar surface area (TPSA) is 64.9 Å². The lowest BCUT2D eigenvalue weighted by atomic mass is 10.1. The van der Waals surface area contributed by atoms with Crippen LogP contribution in [0.25, 0.3) is 16.9 Å². The fourth-order valence-electron chi connectivity index (χ4n) is 3.46. The maximum Gasteiger partial charge on any atom is 0.224 e. The summed E-state index contributed by atoms with van der Waals surface area (Å²) in [5, 5.41) is 2.89. The van der Waals surface area contributed by atoms with Gasteiger partial charge in [-0.1, -0.05) is 6.07 Å². The van der Waals surface area contributed by atoms with Crippen LogP contribution in [-0.4, -0.2) is 29.5 Å². The van der Waals surface area contributed by atoms with E-state index >= 15 is 0 Å². The number of aryl methyl sites for hydroxylation is 1. The number of ether oxygens (including phenoxy) is 2. The molecule has 0 aliphatic carbocycles. The predicted octanol–water partition coefficient (Wildman–Crippen LogP) is 4.73. The van der Waals surface area contributed by atoms with Gasteiger partial charge in [-0.2, -0.15) is 0 Å². The van der Waals surface area contributed by atoms with Crippen molar-refractivity contribution in [3.63, 3.8) is 0 Å². The van der Waals surface area contributed by atoms with Gasteiger partial charge in [0.2, 0.25) is 5.91 Å². The van der Waals surface area contributed by atoms with E-state index in [1.165, 1.54) is 12.1 Å². The molecule has 2 aromatic heterocycles. The zero-order valence-electron chi connectivity index (χ0n) is 17.3. The number of carbonyl (C=O) groups excluding carboxylic acids is 1. The van der Waals surface area contributed by atoms with Crippen LogP contribution < -0.4 is 14.8 Å². The fraction of sp³-hybridized carbons (Fsp3) is 0.167. The Kier molecular flexibility index (Phi) is 5.84. The first kappa shape index (κ1) is 20.4. The van der Waals surface area contributed by atoms with Crippen LogP contribution in [0.4, 0.5) is 10.1 Å². The minimum absolute atomic E-state index is 0.147. The van der Waals surface area contributed by atoms with Crippen molar-refractivity contribution in [2.24, 2.45) is 0 Å². The first-order chi connectivity index (χ1) is 15.1. The highest BCUT2D eigenvalue weighted by atomic mass is 19.1. The predicted molar refractivity (Wildman–Crippen MR) is 117 cm³/mol. The van der Waals surface area contributed by atoms with E-state index in [-0.39, 0.29) is 18.1 Å². The van der Waals surface area contributed by atoms with Crippen LogP contribution in [0.2, 0.25) is 0 Å². The number of pyridine rings is 1. The molecular weight excluding hydrogens is 397 g/mol. The molecule has 0 unspecified atom stereocenters. The quantitative estimate of drug-likeness (QED) is 0.470. The minimum atomic E-state index is -0.304. The highest BCUT2D eigenvalue weighted by Crippen LogP contribution is 2.27. The van der Waals surface area contributed by atoms with E-state index in [9.17, 15) is 9.18 Å². The standard InChI is InChI=1S/C24H22FN3O3/c1-30-19-13-18(14-20(15-19)31-2)26-23(29)11-10-21-24(16-6-8-17(25)9-7-16)27-22-5-3-4-12-28(21)22/h3-9,12-15H,10-11H2,1-2H3,(H,26,29). The van der Waals surface area contributed by atoms with Crippen LogP contribution in [0.5, 0.6) is 11.5 Å². The van der Waals surface area contributed by atoms with Crippen molar-refractivity contribution in [1.82, 2.24) is 9.38 Å². The fourth-order valence-corrected chi connectivity index (χ4v) is 3.46. The number of aromatic nitrogens is 2. The van der Waals surface area contributed by atoms with E-state index in [4.69, 9.17) is 14.5 Å². The van der Waals surface area contributed by atoms with Crippen LogP contribution in [0, 0.1) is 5.82 Å². The summed E-state index contributed by atoms with van der Waals surface area (Å²) in [4.78, 5) is 17.4. The molecule has 1 N–H and O–H groups in total. The number of hydrogen-bond acceptors (Lipinski definition) is 4. The summed E-state index contributed by atoms with van der Waals surface area (Å²) in [6, 6.07) is 17.1. The Bertz CT molecular complexity index is 1200. The second-order valence-electron chi connectivity index (χ2n) is 6.99. The maximum atomic E-state index is 13.4. The number of halogens is 1. The van der Waals surface area contributed by atoms with E-state index < -0.39 is 0 Å². The third kappa shape index (κ3) is 4.50. The molecule has 0 saturated carbocycles. The summed E-state index contributed by atoms with van der Waals surface area (Å²) >= 11 is 0. The Labute approximate surface area is 179 Å². The van der Waals surface area contributed by atoms with Gasteiger partial charge in [-0.05, 0) is 42.8 Å². The molecule has 0 saturated heterocycles. The van der Waals surface area contributed by atoms with Gasteiger partial charge in [0.25, 0.3) is 0 Å². The molecule has 158 valence electrons. The summed E-state index contributed by atoms with van der Waals surface area (Å²) in [5.41, 5.74) is 3.80. The van der Waals surface area contributed by atoms with Crippen LogP contribution >= 0.6 is 0 Å². The van der Waals surface area contributed by atoms with Gasteiger partial charge in [-0.15, -0.1) is 0 Å². The largest absolute Gasteiger partial charge is 0.497 e. The SMILES string of the molecule is COc1cc(NC(=O)CCc2c(-c3ccc(F)cc3)nc3ccccn23)cc(OC)c1. The first-order valence-electron chi connectivity index (χ1n) is 9.82. The molecule has 0 atom stereocenters. The van der Waals surface area contributed by atoms with Crippen LogP contribution in [0.15, 0.2) is 66.9 Å². The molecule has 0 aliphatic heterocycles. The summed E-state index contributed by atoms with van der Waals surface area (Å²) in [6.07, 6.45) is 2.62. The average molecular weight is 419 g/mol. The highest BCUT2D eigenvalue weighted by molar-refractivity contribution is 5.91. The molecule has 0 spiro atoms. The van der Waals surface area contributed by atoms with Gasteiger partial charge in [-0.25, -0.2) is 9.37 Å². The normalized spacial score (nSPS) is 10.8. The third-order valence-electron chi connectivity index (χ3n) is 4.97. The molecule has 0 fully saturated rings. The second-order valence-corrected chi connectivity index (χ2v) is 6.99. The Balaban J connectivity index is 1.57. The third-order valence-corrected chi connectivity index (χ3v) is 4.97. The zero-order valence-corrected chi connectivity index (χ0v) is 17.3. The number of imidazole rings is 1. The number of fused-ring (bicyclic) bond motifs is 1. The lowest BCUT2D eigenvalue weighted by Crippen LogP contribution is -2.13. The molecule has 7 heteroatoms. The molecule has 4 aromatic rings. The molecule has 0 bridgehead atoms. The number of anilines is 1. The van der Waals surface area contributed by atoms with Crippen molar-refractivity contribution < 1.29 is 18.7 Å². The highest BCUT2D eigenvalue weighted by Gasteiger charge is 2.16. The molecule has 2 aromatic carbocycles. The Morgan fingerprint density at radius 3 is 2.42 bits per heavy atom. The number of amides is 1. The second kappa shape index (κ2) is 8.87.